The highest BCUT2D eigenvalue weighted by Crippen LogP contribution is 2.31. The van der Waals surface area contributed by atoms with Crippen LogP contribution in [-0.2, 0) is 0 Å². The fraction of sp³-hybridized carbons (Fsp3) is 0.333. The Morgan fingerprint density at radius 2 is 2.23 bits per heavy atom. The van der Waals surface area contributed by atoms with Crippen molar-refractivity contribution in [3.05, 3.63) is 22.4 Å². The zero-order chi connectivity index (χ0) is 9.42. The predicted molar refractivity (Wildman–Crippen MR) is 55.7 cm³/mol. The zero-order valence-corrected chi connectivity index (χ0v) is 8.78. The van der Waals surface area contributed by atoms with Crippen molar-refractivity contribution in [2.75, 3.05) is 17.2 Å². The van der Waals surface area contributed by atoms with Crippen molar-refractivity contribution in [3.63, 3.8) is 0 Å². The maximum Gasteiger partial charge on any atom is 0.139 e. The molecule has 4 heteroatoms. The van der Waals surface area contributed by atoms with Crippen molar-refractivity contribution in [2.45, 2.75) is 13.0 Å². The second-order valence-electron chi connectivity index (χ2n) is 3.24. The Morgan fingerprint density at radius 1 is 1.46 bits per heavy atom. The van der Waals surface area contributed by atoms with Gasteiger partial charge in [0.15, 0.2) is 0 Å². The lowest BCUT2D eigenvalue weighted by Gasteiger charge is -2.25. The third-order valence-electron chi connectivity index (χ3n) is 2.06. The van der Waals surface area contributed by atoms with Crippen LogP contribution >= 0.6 is 15.9 Å². The summed E-state index contributed by atoms with van der Waals surface area (Å²) in [6, 6.07) is 3.64. The lowest BCUT2D eigenvalue weighted by molar-refractivity contribution is 0.621. The molecule has 70 valence electrons. The van der Waals surface area contributed by atoms with E-state index >= 15 is 0 Å². The molecule has 0 aromatic heterocycles. The van der Waals surface area contributed by atoms with Crippen LogP contribution in [0.2, 0.25) is 0 Å². The molecule has 1 unspecified atom stereocenters. The first-order valence-electron chi connectivity index (χ1n) is 4.16. The summed E-state index contributed by atoms with van der Waals surface area (Å²) in [4.78, 5) is 0. The number of anilines is 2. The molecule has 1 heterocycles. The van der Waals surface area contributed by atoms with Crippen molar-refractivity contribution in [3.8, 4) is 0 Å². The maximum atomic E-state index is 13.1. The highest BCUT2D eigenvalue weighted by Gasteiger charge is 2.15. The van der Waals surface area contributed by atoms with Crippen LogP contribution in [0.3, 0.4) is 0 Å². The van der Waals surface area contributed by atoms with Gasteiger partial charge in [0, 0.05) is 18.7 Å². The van der Waals surface area contributed by atoms with Crippen LogP contribution in [0.4, 0.5) is 15.8 Å². The fourth-order valence-electron chi connectivity index (χ4n) is 1.39. The van der Waals surface area contributed by atoms with E-state index in [1.165, 1.54) is 6.07 Å². The maximum absolute atomic E-state index is 13.1. The van der Waals surface area contributed by atoms with Crippen LogP contribution in [0.25, 0.3) is 0 Å². The summed E-state index contributed by atoms with van der Waals surface area (Å²) in [6.07, 6.45) is 0. The Balaban J connectivity index is 2.43. The molecule has 1 aromatic rings. The van der Waals surface area contributed by atoms with Crippen molar-refractivity contribution in [1.29, 1.82) is 0 Å². The molecule has 0 saturated carbocycles. The van der Waals surface area contributed by atoms with E-state index in [1.807, 2.05) is 0 Å². The summed E-state index contributed by atoms with van der Waals surface area (Å²) in [5.74, 6) is -0.234. The van der Waals surface area contributed by atoms with Gasteiger partial charge in [-0.1, -0.05) is 0 Å². The zero-order valence-electron chi connectivity index (χ0n) is 7.20. The molecule has 2 rings (SSSR count). The minimum atomic E-state index is -0.234. The summed E-state index contributed by atoms with van der Waals surface area (Å²) in [5.41, 5.74) is 1.78. The molecule has 0 radical (unpaired) electrons. The third kappa shape index (κ3) is 1.63. The van der Waals surface area contributed by atoms with Gasteiger partial charge >= 0.3 is 0 Å². The van der Waals surface area contributed by atoms with Crippen LogP contribution < -0.4 is 10.6 Å². The van der Waals surface area contributed by atoms with E-state index in [4.69, 9.17) is 0 Å². The van der Waals surface area contributed by atoms with E-state index in [1.54, 1.807) is 6.07 Å². The molecule has 0 fully saturated rings. The minimum absolute atomic E-state index is 0.234. The van der Waals surface area contributed by atoms with Gasteiger partial charge in [-0.25, -0.2) is 4.39 Å². The van der Waals surface area contributed by atoms with Gasteiger partial charge in [0.25, 0.3) is 0 Å². The average molecular weight is 245 g/mol. The Hall–Kier alpha value is -0.770. The lowest BCUT2D eigenvalue weighted by Crippen LogP contribution is -2.30. The largest absolute Gasteiger partial charge is 0.381 e. The molecule has 0 spiro atoms. The first-order valence-corrected chi connectivity index (χ1v) is 4.95. The molecule has 2 N–H and O–H groups in total. The summed E-state index contributed by atoms with van der Waals surface area (Å²) in [7, 11) is 0. The van der Waals surface area contributed by atoms with Crippen LogP contribution in [0.1, 0.15) is 6.92 Å². The number of nitrogens with one attached hydrogen (secondary N) is 2. The van der Waals surface area contributed by atoms with E-state index in [0.717, 1.165) is 17.9 Å². The molecule has 0 aliphatic carbocycles. The number of hydrogen-bond acceptors (Lipinski definition) is 2. The molecule has 1 aliphatic heterocycles. The van der Waals surface area contributed by atoms with Crippen LogP contribution in [-0.4, -0.2) is 12.6 Å². The van der Waals surface area contributed by atoms with Crippen LogP contribution in [0, 0.1) is 5.82 Å². The summed E-state index contributed by atoms with van der Waals surface area (Å²) < 4.78 is 13.6. The summed E-state index contributed by atoms with van der Waals surface area (Å²) >= 11 is 3.15. The highest BCUT2D eigenvalue weighted by molar-refractivity contribution is 9.10. The molecule has 0 bridgehead atoms. The molecular weight excluding hydrogens is 235 g/mol. The second kappa shape index (κ2) is 3.18. The van der Waals surface area contributed by atoms with E-state index in [-0.39, 0.29) is 5.82 Å². The highest BCUT2D eigenvalue weighted by atomic mass is 79.9. The number of hydrogen-bond donors (Lipinski definition) is 2. The normalized spacial score (nSPS) is 20.1. The first-order chi connectivity index (χ1) is 6.16. The molecule has 1 aliphatic rings. The van der Waals surface area contributed by atoms with Crippen molar-refractivity contribution in [1.82, 2.24) is 0 Å². The fourth-order valence-corrected chi connectivity index (χ4v) is 1.74. The predicted octanol–water partition coefficient (Wildman–Crippen LogP) is 2.81. The van der Waals surface area contributed by atoms with Gasteiger partial charge in [-0.2, -0.15) is 0 Å². The topological polar surface area (TPSA) is 24.1 Å². The SMILES string of the molecule is CC1CNc2cc(F)c(Br)cc2N1. The van der Waals surface area contributed by atoms with Gasteiger partial charge in [0.2, 0.25) is 0 Å². The van der Waals surface area contributed by atoms with Crippen LogP contribution in [0.5, 0.6) is 0 Å². The van der Waals surface area contributed by atoms with Crippen LogP contribution in [0.15, 0.2) is 16.6 Å². The van der Waals surface area contributed by atoms with Crippen molar-refractivity contribution in [2.24, 2.45) is 0 Å². The molecule has 1 aromatic carbocycles. The smallest absolute Gasteiger partial charge is 0.139 e. The summed E-state index contributed by atoms with van der Waals surface area (Å²) in [5, 5.41) is 6.43. The van der Waals surface area contributed by atoms with Crippen molar-refractivity contribution < 1.29 is 4.39 Å². The standard InChI is InChI=1S/C9H10BrFN2/c1-5-4-12-8-3-7(11)6(10)2-9(8)13-5/h2-3,5,12-13H,4H2,1H3. The average Bonchev–Trinajstić information content (AvgIpc) is 2.08. The molecule has 0 amide bonds. The van der Waals surface area contributed by atoms with Gasteiger partial charge in [0.05, 0.1) is 15.8 Å². The molecule has 13 heavy (non-hydrogen) atoms. The Labute approximate surface area is 84.7 Å². The Morgan fingerprint density at radius 3 is 3.00 bits per heavy atom. The minimum Gasteiger partial charge on any atom is -0.381 e. The van der Waals surface area contributed by atoms with E-state index in [0.29, 0.717) is 10.5 Å². The van der Waals surface area contributed by atoms with Gasteiger partial charge in [-0.15, -0.1) is 0 Å². The number of benzene rings is 1. The monoisotopic (exact) mass is 244 g/mol. The first kappa shape index (κ1) is 8.81. The third-order valence-corrected chi connectivity index (χ3v) is 2.67. The second-order valence-corrected chi connectivity index (χ2v) is 4.09. The van der Waals surface area contributed by atoms with E-state index in [2.05, 4.69) is 33.5 Å². The lowest BCUT2D eigenvalue weighted by atomic mass is 10.2. The van der Waals surface area contributed by atoms with E-state index < -0.39 is 0 Å². The Kier molecular flexibility index (Phi) is 2.15. The molecule has 0 saturated heterocycles. The van der Waals surface area contributed by atoms with Gasteiger partial charge in [0.1, 0.15) is 5.82 Å². The van der Waals surface area contributed by atoms with Gasteiger partial charge in [-0.3, -0.25) is 0 Å². The van der Waals surface area contributed by atoms with Crippen molar-refractivity contribution >= 4 is 27.3 Å². The number of rotatable bonds is 0. The number of fused-ring (bicyclic) bond motifs is 1. The number of halogens is 2. The molecular formula is C9H10BrFN2. The molecule has 1 atom stereocenters. The van der Waals surface area contributed by atoms with Gasteiger partial charge < -0.3 is 10.6 Å². The Bertz CT molecular complexity index is 341. The quantitative estimate of drug-likeness (QED) is 0.734. The molecule has 2 nitrogen and oxygen atoms in total. The summed E-state index contributed by atoms with van der Waals surface area (Å²) in [6.45, 7) is 2.90. The van der Waals surface area contributed by atoms with E-state index in [9.17, 15) is 4.39 Å². The van der Waals surface area contributed by atoms with Gasteiger partial charge in [-0.05, 0) is 28.9 Å².